The predicted octanol–water partition coefficient (Wildman–Crippen LogP) is 4.59. The van der Waals surface area contributed by atoms with Gasteiger partial charge in [-0.05, 0) is 35.0 Å². The summed E-state index contributed by atoms with van der Waals surface area (Å²) in [6, 6.07) is 12.4. The number of anilines is 1. The highest BCUT2D eigenvalue weighted by Gasteiger charge is 2.22. The minimum absolute atomic E-state index is 0.140. The monoisotopic (exact) mass is 420 g/mol. The summed E-state index contributed by atoms with van der Waals surface area (Å²) in [6.45, 7) is 1.99. The van der Waals surface area contributed by atoms with E-state index in [0.717, 1.165) is 16.9 Å². The number of thiazole rings is 1. The molecule has 0 atom stereocenters. The molecule has 3 rings (SSSR count). The molecule has 0 aliphatic carbocycles. The molecule has 2 aromatic heterocycles. The second kappa shape index (κ2) is 7.62. The minimum Gasteiger partial charge on any atom is -0.462 e. The van der Waals surface area contributed by atoms with Gasteiger partial charge in [0.2, 0.25) is 0 Å². The summed E-state index contributed by atoms with van der Waals surface area (Å²) in [5.74, 6) is -0.782. The normalized spacial score (nSPS) is 10.5. The maximum absolute atomic E-state index is 12.2. The van der Waals surface area contributed by atoms with Crippen LogP contribution in [0.1, 0.15) is 27.2 Å². The third-order valence-electron chi connectivity index (χ3n) is 3.15. The van der Waals surface area contributed by atoms with E-state index >= 15 is 0 Å². The Balaban J connectivity index is 1.93. The Labute approximate surface area is 156 Å². The lowest BCUT2D eigenvalue weighted by Crippen LogP contribution is -2.10. The number of carbonyl (C=O) groups is 2. The fraction of sp³-hybridized carbons (Fsp3) is 0.118. The Bertz CT molecular complexity index is 905. The van der Waals surface area contributed by atoms with Crippen molar-refractivity contribution in [3.63, 3.8) is 0 Å². The van der Waals surface area contributed by atoms with Gasteiger partial charge in [-0.3, -0.25) is 10.1 Å². The largest absolute Gasteiger partial charge is 0.462 e. The minimum atomic E-state index is -0.472. The number of benzene rings is 1. The molecule has 1 N–H and O–H groups in total. The van der Waals surface area contributed by atoms with Crippen molar-refractivity contribution in [3.8, 4) is 11.3 Å². The maximum Gasteiger partial charge on any atom is 0.350 e. The van der Waals surface area contributed by atoms with E-state index in [2.05, 4.69) is 26.2 Å². The molecule has 0 aliphatic rings. The molecule has 128 valence electrons. The Morgan fingerprint density at radius 3 is 2.64 bits per heavy atom. The number of amides is 1. The quantitative estimate of drug-likeness (QED) is 0.610. The van der Waals surface area contributed by atoms with Gasteiger partial charge in [0.25, 0.3) is 5.91 Å². The Hall–Kier alpha value is -2.45. The van der Waals surface area contributed by atoms with Crippen LogP contribution in [-0.4, -0.2) is 23.5 Å². The molecular formula is C17H13BrN2O4S. The van der Waals surface area contributed by atoms with E-state index in [9.17, 15) is 9.59 Å². The van der Waals surface area contributed by atoms with Crippen LogP contribution < -0.4 is 5.32 Å². The van der Waals surface area contributed by atoms with Crippen LogP contribution in [0.3, 0.4) is 0 Å². The van der Waals surface area contributed by atoms with Crippen LogP contribution in [0.5, 0.6) is 0 Å². The summed E-state index contributed by atoms with van der Waals surface area (Å²) < 4.78 is 10.8. The molecule has 0 fully saturated rings. The smallest absolute Gasteiger partial charge is 0.350 e. The van der Waals surface area contributed by atoms with Crippen LogP contribution in [0.4, 0.5) is 5.13 Å². The first-order chi connectivity index (χ1) is 12.1. The first-order valence-corrected chi connectivity index (χ1v) is 8.99. The molecule has 3 aromatic rings. The number of halogens is 1. The van der Waals surface area contributed by atoms with Gasteiger partial charge in [-0.25, -0.2) is 9.78 Å². The number of furan rings is 1. The van der Waals surface area contributed by atoms with Crippen molar-refractivity contribution in [2.24, 2.45) is 0 Å². The van der Waals surface area contributed by atoms with E-state index < -0.39 is 11.9 Å². The lowest BCUT2D eigenvalue weighted by atomic mass is 10.1. The number of nitrogens with one attached hydrogen (secondary N) is 1. The molecule has 0 aliphatic heterocycles. The molecule has 0 saturated carbocycles. The number of rotatable bonds is 5. The van der Waals surface area contributed by atoms with Gasteiger partial charge < -0.3 is 9.15 Å². The third-order valence-corrected chi connectivity index (χ3v) is 4.53. The van der Waals surface area contributed by atoms with Gasteiger partial charge in [0.15, 0.2) is 15.6 Å². The van der Waals surface area contributed by atoms with Crippen LogP contribution in [-0.2, 0) is 4.74 Å². The summed E-state index contributed by atoms with van der Waals surface area (Å²) in [7, 11) is 0. The van der Waals surface area contributed by atoms with Crippen LogP contribution in [0, 0.1) is 0 Å². The number of ether oxygens (including phenoxy) is 1. The highest BCUT2D eigenvalue weighted by atomic mass is 79.9. The van der Waals surface area contributed by atoms with E-state index in [1.807, 2.05) is 30.3 Å². The summed E-state index contributed by atoms with van der Waals surface area (Å²) in [5.41, 5.74) is 1.24. The molecule has 25 heavy (non-hydrogen) atoms. The van der Waals surface area contributed by atoms with Crippen LogP contribution in [0.25, 0.3) is 11.3 Å². The van der Waals surface area contributed by atoms with Crippen LogP contribution in [0.2, 0.25) is 0 Å². The summed E-state index contributed by atoms with van der Waals surface area (Å²) in [6.07, 6.45) is 0. The topological polar surface area (TPSA) is 81.4 Å². The second-order valence-electron chi connectivity index (χ2n) is 4.84. The summed E-state index contributed by atoms with van der Waals surface area (Å²) in [4.78, 5) is 29.2. The molecule has 2 heterocycles. The van der Waals surface area contributed by atoms with Gasteiger partial charge in [-0.1, -0.05) is 41.7 Å². The van der Waals surface area contributed by atoms with Crippen molar-refractivity contribution < 1.29 is 18.7 Å². The number of hydrogen-bond donors (Lipinski definition) is 1. The maximum atomic E-state index is 12.2. The average molecular weight is 421 g/mol. The van der Waals surface area contributed by atoms with Crippen LogP contribution >= 0.6 is 27.3 Å². The first kappa shape index (κ1) is 17.4. The lowest BCUT2D eigenvalue weighted by Gasteiger charge is -2.01. The van der Waals surface area contributed by atoms with Crippen LogP contribution in [0.15, 0.2) is 51.6 Å². The molecule has 0 unspecified atom stereocenters. The van der Waals surface area contributed by atoms with Gasteiger partial charge in [-0.2, -0.15) is 0 Å². The van der Waals surface area contributed by atoms with Gasteiger partial charge in [-0.15, -0.1) is 0 Å². The number of esters is 1. The second-order valence-corrected chi connectivity index (χ2v) is 6.62. The highest BCUT2D eigenvalue weighted by molar-refractivity contribution is 9.10. The van der Waals surface area contributed by atoms with Crippen molar-refractivity contribution >= 4 is 44.3 Å². The van der Waals surface area contributed by atoms with E-state index in [-0.39, 0.29) is 12.4 Å². The van der Waals surface area contributed by atoms with Gasteiger partial charge in [0, 0.05) is 5.56 Å². The molecule has 6 nitrogen and oxygen atoms in total. The number of carbonyl (C=O) groups excluding carboxylic acids is 2. The lowest BCUT2D eigenvalue weighted by molar-refractivity contribution is 0.0532. The number of hydrogen-bond acceptors (Lipinski definition) is 6. The van der Waals surface area contributed by atoms with Crippen molar-refractivity contribution in [3.05, 3.63) is 57.8 Å². The van der Waals surface area contributed by atoms with E-state index in [4.69, 9.17) is 9.15 Å². The predicted molar refractivity (Wildman–Crippen MR) is 97.9 cm³/mol. The van der Waals surface area contributed by atoms with Crippen molar-refractivity contribution in [2.45, 2.75) is 6.92 Å². The molecule has 0 bridgehead atoms. The van der Waals surface area contributed by atoms with E-state index in [0.29, 0.717) is 20.4 Å². The van der Waals surface area contributed by atoms with Gasteiger partial charge in [0.05, 0.1) is 12.3 Å². The fourth-order valence-electron chi connectivity index (χ4n) is 2.10. The fourth-order valence-corrected chi connectivity index (χ4v) is 3.28. The molecule has 0 saturated heterocycles. The SMILES string of the molecule is CCOC(=O)c1sc(NC(=O)c2ccc(Br)o2)nc1-c1ccccc1. The zero-order valence-corrected chi connectivity index (χ0v) is 15.5. The molecule has 1 amide bonds. The number of nitrogens with zero attached hydrogens (tertiary/aromatic N) is 1. The zero-order valence-electron chi connectivity index (χ0n) is 13.1. The van der Waals surface area contributed by atoms with Crippen molar-refractivity contribution in [1.29, 1.82) is 0 Å². The van der Waals surface area contributed by atoms with Crippen molar-refractivity contribution in [2.75, 3.05) is 11.9 Å². The Morgan fingerprint density at radius 2 is 2.00 bits per heavy atom. The summed E-state index contributed by atoms with van der Waals surface area (Å²) in [5, 5.41) is 2.94. The first-order valence-electron chi connectivity index (χ1n) is 7.38. The Morgan fingerprint density at radius 1 is 1.24 bits per heavy atom. The molecule has 0 spiro atoms. The Kier molecular flexibility index (Phi) is 5.30. The summed E-state index contributed by atoms with van der Waals surface area (Å²) >= 11 is 4.21. The standard InChI is InChI=1S/C17H13BrN2O4S/c1-2-23-16(22)14-13(10-6-4-3-5-7-10)19-17(25-14)20-15(21)11-8-9-12(18)24-11/h3-9H,2H2,1H3,(H,19,20,21). The molecular weight excluding hydrogens is 408 g/mol. The average Bonchev–Trinajstić information content (AvgIpc) is 3.22. The molecule has 8 heteroatoms. The van der Waals surface area contributed by atoms with Gasteiger partial charge in [0.1, 0.15) is 4.88 Å². The molecule has 0 radical (unpaired) electrons. The van der Waals surface area contributed by atoms with E-state index in [1.165, 1.54) is 6.07 Å². The highest BCUT2D eigenvalue weighted by Crippen LogP contribution is 2.32. The van der Waals surface area contributed by atoms with Crippen molar-refractivity contribution in [1.82, 2.24) is 4.98 Å². The van der Waals surface area contributed by atoms with Gasteiger partial charge >= 0.3 is 5.97 Å². The zero-order chi connectivity index (χ0) is 17.8. The van der Waals surface area contributed by atoms with E-state index in [1.54, 1.807) is 13.0 Å². The number of aromatic nitrogens is 1. The molecule has 1 aromatic carbocycles. The third kappa shape index (κ3) is 3.97.